The summed E-state index contributed by atoms with van der Waals surface area (Å²) in [4.78, 5) is 0. The molecule has 0 aromatic heterocycles. The first kappa shape index (κ1) is 15.2. The van der Waals surface area contributed by atoms with E-state index in [2.05, 4.69) is 20.8 Å². The maximum Gasteiger partial charge on any atom is 0.139 e. The fourth-order valence-corrected chi connectivity index (χ4v) is 1.98. The Balaban J connectivity index is 2.79. The lowest BCUT2D eigenvalue weighted by atomic mass is 9.86. The predicted octanol–water partition coefficient (Wildman–Crippen LogP) is 2.75. The summed E-state index contributed by atoms with van der Waals surface area (Å²) in [5, 5.41) is 0. The van der Waals surface area contributed by atoms with Crippen molar-refractivity contribution in [3.05, 3.63) is 23.8 Å². The highest BCUT2D eigenvalue weighted by Gasteiger charge is 2.19. The van der Waals surface area contributed by atoms with Crippen molar-refractivity contribution >= 4 is 11.2 Å². The molecule has 0 N–H and O–H groups in total. The molecule has 4 heteroatoms. The Morgan fingerprint density at radius 1 is 1.28 bits per heavy atom. The van der Waals surface area contributed by atoms with Crippen molar-refractivity contribution in [3.63, 3.8) is 0 Å². The van der Waals surface area contributed by atoms with Crippen LogP contribution in [-0.2, 0) is 16.6 Å². The second kappa shape index (κ2) is 6.34. The van der Waals surface area contributed by atoms with Gasteiger partial charge in [0.05, 0.1) is 13.4 Å². The second-order valence-electron chi connectivity index (χ2n) is 5.24. The lowest BCUT2D eigenvalue weighted by Crippen LogP contribution is -2.14. The minimum atomic E-state index is -0.821. The van der Waals surface area contributed by atoms with Gasteiger partial charge in [0.15, 0.2) is 0 Å². The van der Waals surface area contributed by atoms with Crippen LogP contribution in [0.2, 0.25) is 0 Å². The fraction of sp³-hybridized carbons (Fsp3) is 0.571. The maximum absolute atomic E-state index is 10.9. The Morgan fingerprint density at radius 3 is 2.44 bits per heavy atom. The highest BCUT2D eigenvalue weighted by molar-refractivity contribution is 7.90. The largest absolute Gasteiger partial charge is 0.616 e. The van der Waals surface area contributed by atoms with Gasteiger partial charge in [-0.2, -0.15) is 0 Å². The molecule has 0 heterocycles. The van der Waals surface area contributed by atoms with Gasteiger partial charge in [-0.1, -0.05) is 38.0 Å². The molecule has 0 aliphatic rings. The van der Waals surface area contributed by atoms with Crippen LogP contribution in [0.15, 0.2) is 18.2 Å². The average Bonchev–Trinajstić information content (AvgIpc) is 2.26. The van der Waals surface area contributed by atoms with Gasteiger partial charge in [0.1, 0.15) is 23.9 Å². The molecule has 0 radical (unpaired) electrons. The van der Waals surface area contributed by atoms with Crippen LogP contribution in [-0.4, -0.2) is 30.3 Å². The van der Waals surface area contributed by atoms with Crippen molar-refractivity contribution in [2.75, 3.05) is 25.7 Å². The SMILES string of the molecule is COc1cc(OCC[S+](C)[O-])ccc1C(C)(C)C. The van der Waals surface area contributed by atoms with E-state index in [1.54, 1.807) is 13.4 Å². The van der Waals surface area contributed by atoms with E-state index in [0.29, 0.717) is 12.4 Å². The maximum atomic E-state index is 10.9. The average molecular weight is 270 g/mol. The number of methoxy groups -OCH3 is 1. The topological polar surface area (TPSA) is 41.5 Å². The Bertz CT molecular complexity index is 383. The normalized spacial score (nSPS) is 13.2. The molecule has 0 spiro atoms. The molecular weight excluding hydrogens is 248 g/mol. The van der Waals surface area contributed by atoms with Gasteiger partial charge < -0.3 is 14.0 Å². The molecule has 0 saturated heterocycles. The summed E-state index contributed by atoms with van der Waals surface area (Å²) in [5.74, 6) is 2.13. The van der Waals surface area contributed by atoms with Crippen molar-refractivity contribution in [1.29, 1.82) is 0 Å². The molecule has 0 saturated carbocycles. The smallest absolute Gasteiger partial charge is 0.139 e. The van der Waals surface area contributed by atoms with Gasteiger partial charge >= 0.3 is 0 Å². The summed E-state index contributed by atoms with van der Waals surface area (Å²) in [7, 11) is 1.66. The standard InChI is InChI=1S/C14H22O3S/c1-14(2,3)12-7-6-11(10-13(12)16-4)17-8-9-18(5)15/h6-7,10H,8-9H2,1-5H3. The van der Waals surface area contributed by atoms with E-state index in [0.717, 1.165) is 17.1 Å². The molecule has 3 nitrogen and oxygen atoms in total. The Hall–Kier alpha value is -0.870. The molecular formula is C14H22O3S. The van der Waals surface area contributed by atoms with E-state index < -0.39 is 11.2 Å². The first-order chi connectivity index (χ1) is 8.34. The predicted molar refractivity (Wildman–Crippen MR) is 76.1 cm³/mol. The molecule has 0 fully saturated rings. The molecule has 1 unspecified atom stereocenters. The van der Waals surface area contributed by atoms with Gasteiger partial charge in [-0.3, -0.25) is 0 Å². The highest BCUT2D eigenvalue weighted by atomic mass is 32.2. The van der Waals surface area contributed by atoms with Crippen LogP contribution in [0.25, 0.3) is 0 Å². The van der Waals surface area contributed by atoms with Crippen LogP contribution in [0, 0.1) is 0 Å². The van der Waals surface area contributed by atoms with Crippen molar-refractivity contribution in [2.45, 2.75) is 26.2 Å². The lowest BCUT2D eigenvalue weighted by molar-refractivity contribution is 0.335. The molecule has 0 bridgehead atoms. The summed E-state index contributed by atoms with van der Waals surface area (Å²) < 4.78 is 21.9. The number of hydrogen-bond acceptors (Lipinski definition) is 3. The Kier molecular flexibility index (Phi) is 5.35. The van der Waals surface area contributed by atoms with Crippen LogP contribution in [0.4, 0.5) is 0 Å². The zero-order valence-electron chi connectivity index (χ0n) is 11.8. The van der Waals surface area contributed by atoms with Crippen LogP contribution in [0.3, 0.4) is 0 Å². The Labute approximate surface area is 113 Å². The van der Waals surface area contributed by atoms with Gasteiger partial charge in [0.25, 0.3) is 0 Å². The minimum absolute atomic E-state index is 0.0365. The van der Waals surface area contributed by atoms with E-state index in [9.17, 15) is 4.55 Å². The van der Waals surface area contributed by atoms with Gasteiger partial charge in [-0.15, -0.1) is 0 Å². The molecule has 102 valence electrons. The first-order valence-corrected chi connectivity index (χ1v) is 7.68. The Morgan fingerprint density at radius 2 is 1.94 bits per heavy atom. The van der Waals surface area contributed by atoms with Crippen molar-refractivity contribution in [2.24, 2.45) is 0 Å². The summed E-state index contributed by atoms with van der Waals surface area (Å²) in [5.41, 5.74) is 1.19. The van der Waals surface area contributed by atoms with E-state index in [1.165, 1.54) is 0 Å². The van der Waals surface area contributed by atoms with Crippen molar-refractivity contribution in [1.82, 2.24) is 0 Å². The fourth-order valence-electron chi connectivity index (χ4n) is 1.66. The third kappa shape index (κ3) is 4.42. The van der Waals surface area contributed by atoms with Crippen LogP contribution in [0.1, 0.15) is 26.3 Å². The van der Waals surface area contributed by atoms with Gasteiger partial charge in [0.2, 0.25) is 0 Å². The van der Waals surface area contributed by atoms with Crippen molar-refractivity contribution < 1.29 is 14.0 Å². The first-order valence-electron chi connectivity index (χ1n) is 5.96. The molecule has 1 rings (SSSR count). The van der Waals surface area contributed by atoms with Crippen LogP contribution >= 0.6 is 0 Å². The summed E-state index contributed by atoms with van der Waals surface area (Å²) in [6.45, 7) is 6.89. The second-order valence-corrected chi connectivity index (χ2v) is 6.79. The van der Waals surface area contributed by atoms with E-state index in [-0.39, 0.29) is 5.41 Å². The monoisotopic (exact) mass is 270 g/mol. The number of benzene rings is 1. The van der Waals surface area contributed by atoms with E-state index in [4.69, 9.17) is 9.47 Å². The third-order valence-corrected chi connectivity index (χ3v) is 3.36. The molecule has 1 aromatic carbocycles. The third-order valence-electron chi connectivity index (χ3n) is 2.62. The number of ether oxygens (including phenoxy) is 2. The van der Waals surface area contributed by atoms with Crippen molar-refractivity contribution in [3.8, 4) is 11.5 Å². The molecule has 18 heavy (non-hydrogen) atoms. The number of rotatable bonds is 5. The molecule has 0 amide bonds. The highest BCUT2D eigenvalue weighted by Crippen LogP contribution is 2.33. The molecule has 1 aromatic rings. The minimum Gasteiger partial charge on any atom is -0.616 e. The number of hydrogen-bond donors (Lipinski definition) is 0. The van der Waals surface area contributed by atoms with Crippen LogP contribution < -0.4 is 9.47 Å². The summed E-state index contributed by atoms with van der Waals surface area (Å²) in [6, 6.07) is 5.85. The molecule has 0 aliphatic heterocycles. The quantitative estimate of drug-likeness (QED) is 0.773. The lowest BCUT2D eigenvalue weighted by Gasteiger charge is -2.22. The molecule has 1 atom stereocenters. The van der Waals surface area contributed by atoms with Gasteiger partial charge in [-0.25, -0.2) is 0 Å². The summed E-state index contributed by atoms with van der Waals surface area (Å²) in [6.07, 6.45) is 1.67. The van der Waals surface area contributed by atoms with Gasteiger partial charge in [0, 0.05) is 6.07 Å². The van der Waals surface area contributed by atoms with E-state index in [1.807, 2.05) is 18.2 Å². The van der Waals surface area contributed by atoms with E-state index >= 15 is 0 Å². The van der Waals surface area contributed by atoms with Gasteiger partial charge in [-0.05, 0) is 17.0 Å². The zero-order valence-corrected chi connectivity index (χ0v) is 12.6. The zero-order chi connectivity index (χ0) is 13.8. The summed E-state index contributed by atoms with van der Waals surface area (Å²) >= 11 is -0.821. The van der Waals surface area contributed by atoms with Crippen LogP contribution in [0.5, 0.6) is 11.5 Å². The molecule has 0 aliphatic carbocycles.